The van der Waals surface area contributed by atoms with Crippen LogP contribution in [0.15, 0.2) is 12.2 Å². The summed E-state index contributed by atoms with van der Waals surface area (Å²) in [5.74, 6) is 0. The van der Waals surface area contributed by atoms with Gasteiger partial charge in [-0.3, -0.25) is 0 Å². The SMILES string of the molecule is C=C(C)C(CC1CCCCO1)NC. The zero-order valence-corrected chi connectivity index (χ0v) is 8.81. The van der Waals surface area contributed by atoms with E-state index in [1.54, 1.807) is 0 Å². The van der Waals surface area contributed by atoms with Crippen molar-refractivity contribution in [3.63, 3.8) is 0 Å². The van der Waals surface area contributed by atoms with Crippen LogP contribution in [0, 0.1) is 0 Å². The van der Waals surface area contributed by atoms with Crippen LogP contribution in [0.1, 0.15) is 32.6 Å². The van der Waals surface area contributed by atoms with Crippen LogP contribution in [0.25, 0.3) is 0 Å². The average molecular weight is 183 g/mol. The van der Waals surface area contributed by atoms with Crippen LogP contribution >= 0.6 is 0 Å². The summed E-state index contributed by atoms with van der Waals surface area (Å²) >= 11 is 0. The van der Waals surface area contributed by atoms with E-state index in [4.69, 9.17) is 4.74 Å². The third-order valence-corrected chi connectivity index (χ3v) is 2.72. The predicted octanol–water partition coefficient (Wildman–Crippen LogP) is 2.11. The minimum absolute atomic E-state index is 0.420. The van der Waals surface area contributed by atoms with Crippen LogP contribution in [0.5, 0.6) is 0 Å². The zero-order valence-electron chi connectivity index (χ0n) is 8.81. The summed E-state index contributed by atoms with van der Waals surface area (Å²) in [4.78, 5) is 0. The molecule has 2 nitrogen and oxygen atoms in total. The minimum atomic E-state index is 0.420. The van der Waals surface area contributed by atoms with Crippen molar-refractivity contribution in [2.45, 2.75) is 44.8 Å². The van der Waals surface area contributed by atoms with Gasteiger partial charge in [0.15, 0.2) is 0 Å². The third kappa shape index (κ3) is 3.49. The summed E-state index contributed by atoms with van der Waals surface area (Å²) in [5.41, 5.74) is 1.21. The number of hydrogen-bond donors (Lipinski definition) is 1. The second kappa shape index (κ2) is 5.40. The molecule has 2 atom stereocenters. The Morgan fingerprint density at radius 1 is 1.62 bits per heavy atom. The molecule has 2 heteroatoms. The van der Waals surface area contributed by atoms with Crippen molar-refractivity contribution in [1.29, 1.82) is 0 Å². The molecule has 1 heterocycles. The molecule has 1 aliphatic heterocycles. The van der Waals surface area contributed by atoms with E-state index >= 15 is 0 Å². The van der Waals surface area contributed by atoms with Gasteiger partial charge in [0.2, 0.25) is 0 Å². The van der Waals surface area contributed by atoms with Crippen LogP contribution in [0.3, 0.4) is 0 Å². The average Bonchev–Trinajstić information content (AvgIpc) is 2.15. The Balaban J connectivity index is 2.31. The topological polar surface area (TPSA) is 21.3 Å². The first kappa shape index (κ1) is 10.7. The van der Waals surface area contributed by atoms with Crippen LogP contribution in [-0.4, -0.2) is 25.8 Å². The molecule has 0 aromatic rings. The number of likely N-dealkylation sites (N-methyl/N-ethyl adjacent to an activating group) is 1. The Morgan fingerprint density at radius 2 is 2.38 bits per heavy atom. The number of ether oxygens (including phenoxy) is 1. The van der Waals surface area contributed by atoms with E-state index in [-0.39, 0.29) is 0 Å². The van der Waals surface area contributed by atoms with Gasteiger partial charge in [-0.05, 0) is 39.7 Å². The van der Waals surface area contributed by atoms with Crippen molar-refractivity contribution in [3.05, 3.63) is 12.2 Å². The molecule has 0 saturated carbocycles. The molecule has 0 aromatic heterocycles. The quantitative estimate of drug-likeness (QED) is 0.674. The van der Waals surface area contributed by atoms with Gasteiger partial charge < -0.3 is 10.1 Å². The van der Waals surface area contributed by atoms with E-state index in [2.05, 4.69) is 18.8 Å². The highest BCUT2D eigenvalue weighted by Crippen LogP contribution is 2.18. The van der Waals surface area contributed by atoms with Gasteiger partial charge in [0.05, 0.1) is 6.10 Å². The molecule has 0 amide bonds. The first-order valence-corrected chi connectivity index (χ1v) is 5.18. The van der Waals surface area contributed by atoms with Gasteiger partial charge in [0.25, 0.3) is 0 Å². The molecule has 1 fully saturated rings. The Hall–Kier alpha value is -0.340. The van der Waals surface area contributed by atoms with Crippen molar-refractivity contribution in [2.24, 2.45) is 0 Å². The third-order valence-electron chi connectivity index (χ3n) is 2.72. The van der Waals surface area contributed by atoms with Gasteiger partial charge in [-0.1, -0.05) is 12.2 Å². The number of rotatable bonds is 4. The van der Waals surface area contributed by atoms with Crippen molar-refractivity contribution < 1.29 is 4.74 Å². The van der Waals surface area contributed by atoms with Crippen molar-refractivity contribution >= 4 is 0 Å². The Morgan fingerprint density at radius 3 is 2.85 bits per heavy atom. The maximum atomic E-state index is 5.68. The molecule has 1 aliphatic rings. The first-order valence-electron chi connectivity index (χ1n) is 5.18. The fraction of sp³-hybridized carbons (Fsp3) is 0.818. The number of hydrogen-bond acceptors (Lipinski definition) is 2. The highest BCUT2D eigenvalue weighted by atomic mass is 16.5. The van der Waals surface area contributed by atoms with E-state index in [1.807, 2.05) is 7.05 Å². The Bertz CT molecular complexity index is 161. The summed E-state index contributed by atoms with van der Waals surface area (Å²) in [7, 11) is 1.99. The normalized spacial score (nSPS) is 25.5. The maximum absolute atomic E-state index is 5.68. The second-order valence-corrected chi connectivity index (χ2v) is 3.91. The van der Waals surface area contributed by atoms with Crippen LogP contribution in [-0.2, 0) is 4.74 Å². The minimum Gasteiger partial charge on any atom is -0.378 e. The van der Waals surface area contributed by atoms with Crippen molar-refractivity contribution in [3.8, 4) is 0 Å². The fourth-order valence-electron chi connectivity index (χ4n) is 1.82. The smallest absolute Gasteiger partial charge is 0.0593 e. The Labute approximate surface area is 81.4 Å². The molecule has 0 bridgehead atoms. The highest BCUT2D eigenvalue weighted by molar-refractivity contribution is 5.01. The molecule has 0 spiro atoms. The molecule has 1 N–H and O–H groups in total. The molecule has 0 aromatic carbocycles. The summed E-state index contributed by atoms with van der Waals surface area (Å²) in [6, 6.07) is 0.420. The van der Waals surface area contributed by atoms with E-state index in [0.717, 1.165) is 13.0 Å². The molecule has 76 valence electrons. The van der Waals surface area contributed by atoms with Crippen molar-refractivity contribution in [2.75, 3.05) is 13.7 Å². The molecular weight excluding hydrogens is 162 g/mol. The summed E-state index contributed by atoms with van der Waals surface area (Å²) < 4.78 is 5.68. The highest BCUT2D eigenvalue weighted by Gasteiger charge is 2.18. The van der Waals surface area contributed by atoms with E-state index in [1.165, 1.54) is 24.8 Å². The van der Waals surface area contributed by atoms with Crippen LogP contribution in [0.4, 0.5) is 0 Å². The van der Waals surface area contributed by atoms with Gasteiger partial charge in [0.1, 0.15) is 0 Å². The number of nitrogens with one attached hydrogen (secondary N) is 1. The summed E-state index contributed by atoms with van der Waals surface area (Å²) in [5, 5.41) is 3.27. The standard InChI is InChI=1S/C11H21NO/c1-9(2)11(12-3)8-10-6-4-5-7-13-10/h10-12H,1,4-8H2,2-3H3. The molecule has 2 unspecified atom stereocenters. The van der Waals surface area contributed by atoms with E-state index < -0.39 is 0 Å². The van der Waals surface area contributed by atoms with Crippen LogP contribution < -0.4 is 5.32 Å². The van der Waals surface area contributed by atoms with Gasteiger partial charge in [-0.15, -0.1) is 0 Å². The molecule has 0 aliphatic carbocycles. The van der Waals surface area contributed by atoms with Crippen LogP contribution in [0.2, 0.25) is 0 Å². The van der Waals surface area contributed by atoms with Gasteiger partial charge >= 0.3 is 0 Å². The van der Waals surface area contributed by atoms with E-state index in [9.17, 15) is 0 Å². The lowest BCUT2D eigenvalue weighted by Crippen LogP contribution is -2.33. The fourth-order valence-corrected chi connectivity index (χ4v) is 1.82. The maximum Gasteiger partial charge on any atom is 0.0593 e. The molecule has 1 saturated heterocycles. The second-order valence-electron chi connectivity index (χ2n) is 3.91. The van der Waals surface area contributed by atoms with E-state index in [0.29, 0.717) is 12.1 Å². The zero-order chi connectivity index (χ0) is 9.68. The first-order chi connectivity index (χ1) is 6.24. The summed E-state index contributed by atoms with van der Waals surface area (Å²) in [6.45, 7) is 6.99. The molecule has 13 heavy (non-hydrogen) atoms. The lowest BCUT2D eigenvalue weighted by atomic mass is 9.98. The predicted molar refractivity (Wildman–Crippen MR) is 55.9 cm³/mol. The molecular formula is C11H21NO. The van der Waals surface area contributed by atoms with Gasteiger partial charge in [-0.2, -0.15) is 0 Å². The summed E-state index contributed by atoms with van der Waals surface area (Å²) in [6.07, 6.45) is 5.28. The van der Waals surface area contributed by atoms with Crippen molar-refractivity contribution in [1.82, 2.24) is 5.32 Å². The lowest BCUT2D eigenvalue weighted by molar-refractivity contribution is 0.00766. The van der Waals surface area contributed by atoms with Gasteiger partial charge in [-0.25, -0.2) is 0 Å². The Kier molecular flexibility index (Phi) is 4.46. The molecule has 1 rings (SSSR count). The monoisotopic (exact) mass is 183 g/mol. The molecule has 0 radical (unpaired) electrons. The largest absolute Gasteiger partial charge is 0.378 e. The lowest BCUT2D eigenvalue weighted by Gasteiger charge is -2.27. The van der Waals surface area contributed by atoms with Gasteiger partial charge in [0, 0.05) is 12.6 Å².